The molecule has 1 unspecified atom stereocenters. The van der Waals surface area contributed by atoms with Crippen molar-refractivity contribution in [3.63, 3.8) is 0 Å². The first-order valence-electron chi connectivity index (χ1n) is 6.53. The van der Waals surface area contributed by atoms with Crippen LogP contribution in [-0.2, 0) is 9.53 Å². The van der Waals surface area contributed by atoms with Crippen LogP contribution in [0.2, 0.25) is 0 Å². The number of nitrogens with two attached hydrogens (primary N) is 1. The Morgan fingerprint density at radius 3 is 2.84 bits per heavy atom. The third-order valence-electron chi connectivity index (χ3n) is 2.79. The Kier molecular flexibility index (Phi) is 7.35. The van der Waals surface area contributed by atoms with Crippen LogP contribution in [0.5, 0.6) is 0 Å². The highest BCUT2D eigenvalue weighted by Gasteiger charge is 2.08. The molecule has 3 N–H and O–H groups in total. The van der Waals surface area contributed by atoms with Gasteiger partial charge in [0, 0.05) is 19.0 Å². The minimum absolute atomic E-state index is 0.0324. The Labute approximate surface area is 114 Å². The summed E-state index contributed by atoms with van der Waals surface area (Å²) in [6.45, 7) is 4.64. The van der Waals surface area contributed by atoms with Crippen molar-refractivity contribution in [2.24, 2.45) is 5.73 Å². The molecule has 19 heavy (non-hydrogen) atoms. The fourth-order valence-corrected chi connectivity index (χ4v) is 1.71. The standard InChI is InChI=1S/C15H22N2O2/c1-2-19-12-6-11-17-15(18)10-9-14(16)13-7-4-3-5-8-13/h2-5,7-8,14H,1,6,9-12,16H2,(H,17,18). The zero-order chi connectivity index (χ0) is 13.9. The van der Waals surface area contributed by atoms with Gasteiger partial charge in [-0.25, -0.2) is 0 Å². The van der Waals surface area contributed by atoms with Gasteiger partial charge in [0.1, 0.15) is 0 Å². The average Bonchev–Trinajstić information content (AvgIpc) is 2.45. The molecule has 1 amide bonds. The predicted molar refractivity (Wildman–Crippen MR) is 76.4 cm³/mol. The summed E-state index contributed by atoms with van der Waals surface area (Å²) in [6.07, 6.45) is 3.28. The molecule has 0 saturated carbocycles. The zero-order valence-corrected chi connectivity index (χ0v) is 11.2. The number of amides is 1. The van der Waals surface area contributed by atoms with Crippen LogP contribution in [0.15, 0.2) is 43.2 Å². The fourth-order valence-electron chi connectivity index (χ4n) is 1.71. The minimum Gasteiger partial charge on any atom is -0.502 e. The van der Waals surface area contributed by atoms with Gasteiger partial charge in [-0.05, 0) is 18.4 Å². The van der Waals surface area contributed by atoms with Crippen LogP contribution in [0.1, 0.15) is 30.9 Å². The van der Waals surface area contributed by atoms with Crippen molar-refractivity contribution in [2.75, 3.05) is 13.2 Å². The average molecular weight is 262 g/mol. The normalized spacial score (nSPS) is 11.6. The lowest BCUT2D eigenvalue weighted by Gasteiger charge is -2.11. The molecule has 4 nitrogen and oxygen atoms in total. The van der Waals surface area contributed by atoms with Crippen molar-refractivity contribution in [3.05, 3.63) is 48.7 Å². The van der Waals surface area contributed by atoms with E-state index >= 15 is 0 Å². The summed E-state index contributed by atoms with van der Waals surface area (Å²) in [6, 6.07) is 9.73. The van der Waals surface area contributed by atoms with Gasteiger partial charge in [-0.3, -0.25) is 4.79 Å². The van der Waals surface area contributed by atoms with E-state index in [4.69, 9.17) is 10.5 Å². The van der Waals surface area contributed by atoms with Gasteiger partial charge in [0.05, 0.1) is 12.9 Å². The van der Waals surface area contributed by atoms with E-state index in [0.29, 0.717) is 26.0 Å². The Hall–Kier alpha value is -1.81. The zero-order valence-electron chi connectivity index (χ0n) is 11.2. The SMILES string of the molecule is C=COCCCNC(=O)CCC(N)c1ccccc1. The lowest BCUT2D eigenvalue weighted by atomic mass is 10.0. The van der Waals surface area contributed by atoms with Crippen LogP contribution in [0.3, 0.4) is 0 Å². The summed E-state index contributed by atoms with van der Waals surface area (Å²) in [4.78, 5) is 11.6. The van der Waals surface area contributed by atoms with Crippen LogP contribution in [0, 0.1) is 0 Å². The van der Waals surface area contributed by atoms with Crippen molar-refractivity contribution >= 4 is 5.91 Å². The van der Waals surface area contributed by atoms with Crippen LogP contribution in [0.4, 0.5) is 0 Å². The number of carbonyl (C=O) groups is 1. The van der Waals surface area contributed by atoms with Crippen molar-refractivity contribution < 1.29 is 9.53 Å². The minimum atomic E-state index is -0.0870. The second kappa shape index (κ2) is 9.16. The van der Waals surface area contributed by atoms with Crippen LogP contribution in [-0.4, -0.2) is 19.1 Å². The van der Waals surface area contributed by atoms with Gasteiger partial charge >= 0.3 is 0 Å². The molecule has 0 aliphatic carbocycles. The quantitative estimate of drug-likeness (QED) is 0.529. The highest BCUT2D eigenvalue weighted by atomic mass is 16.5. The van der Waals surface area contributed by atoms with Gasteiger partial charge in [-0.2, -0.15) is 0 Å². The Balaban J connectivity index is 2.14. The van der Waals surface area contributed by atoms with E-state index in [1.54, 1.807) is 0 Å². The fraction of sp³-hybridized carbons (Fsp3) is 0.400. The number of hydrogen-bond donors (Lipinski definition) is 2. The second-order valence-corrected chi connectivity index (χ2v) is 4.30. The lowest BCUT2D eigenvalue weighted by molar-refractivity contribution is -0.121. The molecule has 0 aliphatic rings. The molecular weight excluding hydrogens is 240 g/mol. The number of rotatable bonds is 9. The highest BCUT2D eigenvalue weighted by Crippen LogP contribution is 2.14. The van der Waals surface area contributed by atoms with Crippen molar-refractivity contribution in [1.29, 1.82) is 0 Å². The van der Waals surface area contributed by atoms with E-state index in [9.17, 15) is 4.79 Å². The van der Waals surface area contributed by atoms with Gasteiger partial charge < -0.3 is 15.8 Å². The molecule has 1 rings (SSSR count). The maximum Gasteiger partial charge on any atom is 0.220 e. The summed E-state index contributed by atoms with van der Waals surface area (Å²) in [5.41, 5.74) is 7.09. The van der Waals surface area contributed by atoms with Crippen LogP contribution < -0.4 is 11.1 Å². The smallest absolute Gasteiger partial charge is 0.220 e. The van der Waals surface area contributed by atoms with Gasteiger partial charge in [0.2, 0.25) is 5.91 Å². The number of carbonyl (C=O) groups excluding carboxylic acids is 1. The summed E-state index contributed by atoms with van der Waals surface area (Å²) in [7, 11) is 0. The molecule has 1 aromatic carbocycles. The van der Waals surface area contributed by atoms with Gasteiger partial charge in [-0.15, -0.1) is 0 Å². The predicted octanol–water partition coefficient (Wildman–Crippen LogP) is 2.13. The molecule has 0 heterocycles. The first-order valence-corrected chi connectivity index (χ1v) is 6.53. The van der Waals surface area contributed by atoms with Crippen molar-refractivity contribution in [2.45, 2.75) is 25.3 Å². The van der Waals surface area contributed by atoms with E-state index < -0.39 is 0 Å². The number of hydrogen-bond acceptors (Lipinski definition) is 3. The van der Waals surface area contributed by atoms with Crippen LogP contribution >= 0.6 is 0 Å². The number of nitrogens with one attached hydrogen (secondary N) is 1. The first kappa shape index (κ1) is 15.2. The number of ether oxygens (including phenoxy) is 1. The summed E-state index contributed by atoms with van der Waals surface area (Å²) >= 11 is 0. The summed E-state index contributed by atoms with van der Waals surface area (Å²) in [5, 5.41) is 2.84. The third kappa shape index (κ3) is 6.62. The molecule has 0 radical (unpaired) electrons. The van der Waals surface area contributed by atoms with Gasteiger partial charge in [0.15, 0.2) is 0 Å². The number of benzene rings is 1. The Bertz CT molecular complexity index is 379. The van der Waals surface area contributed by atoms with Crippen LogP contribution in [0.25, 0.3) is 0 Å². The molecule has 0 aliphatic heterocycles. The van der Waals surface area contributed by atoms with E-state index in [-0.39, 0.29) is 11.9 Å². The highest BCUT2D eigenvalue weighted by molar-refractivity contribution is 5.75. The molecule has 1 atom stereocenters. The molecular formula is C15H22N2O2. The monoisotopic (exact) mass is 262 g/mol. The first-order chi connectivity index (χ1) is 9.24. The second-order valence-electron chi connectivity index (χ2n) is 4.30. The maximum absolute atomic E-state index is 11.6. The lowest BCUT2D eigenvalue weighted by Crippen LogP contribution is -2.26. The summed E-state index contributed by atoms with van der Waals surface area (Å²) < 4.78 is 4.96. The van der Waals surface area contributed by atoms with E-state index in [1.807, 2.05) is 30.3 Å². The molecule has 0 bridgehead atoms. The summed E-state index contributed by atoms with van der Waals surface area (Å²) in [5.74, 6) is 0.0324. The Morgan fingerprint density at radius 1 is 1.42 bits per heavy atom. The molecule has 0 saturated heterocycles. The van der Waals surface area contributed by atoms with Gasteiger partial charge in [0.25, 0.3) is 0 Å². The Morgan fingerprint density at radius 2 is 2.16 bits per heavy atom. The third-order valence-corrected chi connectivity index (χ3v) is 2.79. The largest absolute Gasteiger partial charge is 0.502 e. The van der Waals surface area contributed by atoms with E-state index in [1.165, 1.54) is 6.26 Å². The molecule has 104 valence electrons. The van der Waals surface area contributed by atoms with E-state index in [0.717, 1.165) is 12.0 Å². The topological polar surface area (TPSA) is 64.3 Å². The van der Waals surface area contributed by atoms with Crippen molar-refractivity contribution in [1.82, 2.24) is 5.32 Å². The molecule has 0 spiro atoms. The van der Waals surface area contributed by atoms with Gasteiger partial charge in [-0.1, -0.05) is 36.9 Å². The molecule has 4 heteroatoms. The van der Waals surface area contributed by atoms with E-state index in [2.05, 4.69) is 11.9 Å². The van der Waals surface area contributed by atoms with Crippen molar-refractivity contribution in [3.8, 4) is 0 Å². The molecule has 0 fully saturated rings. The maximum atomic E-state index is 11.6. The molecule has 0 aromatic heterocycles. The molecule has 1 aromatic rings.